The van der Waals surface area contributed by atoms with Crippen molar-refractivity contribution in [2.75, 3.05) is 38.7 Å². The number of fused-ring (bicyclic) bond motifs is 5. The number of thiazole rings is 1. The molecule has 8 heteroatoms. The molecule has 0 spiro atoms. The topological polar surface area (TPSA) is 60.8 Å². The third-order valence-corrected chi connectivity index (χ3v) is 7.93. The number of hydrogen-bond acceptors (Lipinski definition) is 6. The zero-order chi connectivity index (χ0) is 18.4. The molecule has 1 saturated heterocycles. The molecule has 2 atom stereocenters. The van der Waals surface area contributed by atoms with Crippen molar-refractivity contribution < 1.29 is 14.3 Å². The van der Waals surface area contributed by atoms with E-state index >= 15 is 0 Å². The number of benzene rings is 1. The Hall–Kier alpha value is -1.77. The molecular weight excluding hydrogens is 384 g/mol. The molecular formula is C19H20N2O4S2. The van der Waals surface area contributed by atoms with Gasteiger partial charge >= 0.3 is 4.87 Å². The molecule has 1 aromatic carbocycles. The zero-order valence-corrected chi connectivity index (χ0v) is 16.4. The summed E-state index contributed by atoms with van der Waals surface area (Å²) in [4.78, 5) is 28.3. The molecule has 0 unspecified atom stereocenters. The third-order valence-electron chi connectivity index (χ3n) is 5.43. The van der Waals surface area contributed by atoms with Crippen molar-refractivity contribution in [2.24, 2.45) is 5.92 Å². The fourth-order valence-electron chi connectivity index (χ4n) is 4.04. The highest BCUT2D eigenvalue weighted by molar-refractivity contribution is 7.99. The minimum atomic E-state index is -0.0428. The molecule has 142 valence electrons. The van der Waals surface area contributed by atoms with Crippen LogP contribution >= 0.6 is 23.1 Å². The van der Waals surface area contributed by atoms with Crippen LogP contribution in [-0.2, 0) is 16.1 Å². The quantitative estimate of drug-likeness (QED) is 0.766. The average Bonchev–Trinajstić information content (AvgIpc) is 3.03. The van der Waals surface area contributed by atoms with Gasteiger partial charge < -0.3 is 14.4 Å². The second kappa shape index (κ2) is 7.00. The highest BCUT2D eigenvalue weighted by atomic mass is 32.2. The lowest BCUT2D eigenvalue weighted by Gasteiger charge is -2.36. The molecule has 3 aliphatic heterocycles. The van der Waals surface area contributed by atoms with Crippen LogP contribution in [0.25, 0.3) is 0 Å². The van der Waals surface area contributed by atoms with Gasteiger partial charge in [-0.15, -0.1) is 11.8 Å². The van der Waals surface area contributed by atoms with Crippen LogP contribution in [-0.4, -0.2) is 54.0 Å². The van der Waals surface area contributed by atoms with Crippen LogP contribution in [0.2, 0.25) is 0 Å². The summed E-state index contributed by atoms with van der Waals surface area (Å²) in [6.45, 7) is 3.13. The second-order valence-electron chi connectivity index (χ2n) is 7.01. The summed E-state index contributed by atoms with van der Waals surface area (Å²) in [5, 5.41) is 0.963. The molecule has 0 radical (unpaired) electrons. The van der Waals surface area contributed by atoms with Gasteiger partial charge in [0.2, 0.25) is 5.91 Å². The minimum Gasteiger partial charge on any atom is -0.493 e. The van der Waals surface area contributed by atoms with Crippen LogP contribution < -0.4 is 9.61 Å². The monoisotopic (exact) mass is 404 g/mol. The Morgan fingerprint density at radius 2 is 2.04 bits per heavy atom. The first-order chi connectivity index (χ1) is 13.2. The lowest BCUT2D eigenvalue weighted by atomic mass is 9.84. The standard InChI is InChI=1S/C19H20N2O4S2/c22-15(20-5-7-24-8-6-20)9-21-18-17(27-19(21)23)16-12(11-26-18)10-25-14-4-2-1-3-13(14)16/h1-4,12,16H,5-11H2/t12-,16-/m1/s1. The Morgan fingerprint density at radius 3 is 2.89 bits per heavy atom. The molecule has 0 bridgehead atoms. The van der Waals surface area contributed by atoms with Gasteiger partial charge in [-0.2, -0.15) is 0 Å². The maximum Gasteiger partial charge on any atom is 0.308 e. The Labute approximate surface area is 165 Å². The van der Waals surface area contributed by atoms with Gasteiger partial charge in [0.1, 0.15) is 12.3 Å². The number of aromatic nitrogens is 1. The summed E-state index contributed by atoms with van der Waals surface area (Å²) in [6.07, 6.45) is 0. The number of carbonyl (C=O) groups excluding carboxylic acids is 1. The molecule has 5 rings (SSSR count). The van der Waals surface area contributed by atoms with E-state index in [1.165, 1.54) is 11.3 Å². The molecule has 0 saturated carbocycles. The van der Waals surface area contributed by atoms with E-state index in [1.54, 1.807) is 21.2 Å². The predicted molar refractivity (Wildman–Crippen MR) is 104 cm³/mol. The Kier molecular flexibility index (Phi) is 4.49. The van der Waals surface area contributed by atoms with Crippen LogP contribution in [0.4, 0.5) is 0 Å². The predicted octanol–water partition coefficient (Wildman–Crippen LogP) is 2.01. The summed E-state index contributed by atoms with van der Waals surface area (Å²) in [7, 11) is 0. The van der Waals surface area contributed by atoms with E-state index in [-0.39, 0.29) is 23.2 Å². The minimum absolute atomic E-state index is 0.00361. The SMILES string of the molecule is O=C(Cn1c2c(sc1=O)[C@H]1c3ccccc3OC[C@@H]1CS2)N1CCOCC1. The summed E-state index contributed by atoms with van der Waals surface area (Å²) >= 11 is 2.97. The van der Waals surface area contributed by atoms with E-state index in [2.05, 4.69) is 6.07 Å². The summed E-state index contributed by atoms with van der Waals surface area (Å²) < 4.78 is 12.9. The van der Waals surface area contributed by atoms with Crippen molar-refractivity contribution in [3.8, 4) is 5.75 Å². The largest absolute Gasteiger partial charge is 0.493 e. The Bertz CT molecular complexity index is 932. The number of morpholine rings is 1. The number of amides is 1. The molecule has 2 aromatic rings. The van der Waals surface area contributed by atoms with Crippen molar-refractivity contribution in [3.05, 3.63) is 44.4 Å². The lowest BCUT2D eigenvalue weighted by Crippen LogP contribution is -2.43. The molecule has 27 heavy (non-hydrogen) atoms. The van der Waals surface area contributed by atoms with Gasteiger partial charge in [0.15, 0.2) is 0 Å². The third kappa shape index (κ3) is 2.99. The van der Waals surface area contributed by atoms with Crippen molar-refractivity contribution in [3.63, 3.8) is 0 Å². The molecule has 1 fully saturated rings. The fraction of sp³-hybridized carbons (Fsp3) is 0.474. The van der Waals surface area contributed by atoms with E-state index in [1.807, 2.05) is 18.2 Å². The smallest absolute Gasteiger partial charge is 0.308 e. The number of carbonyl (C=O) groups is 1. The fourth-order valence-corrected chi connectivity index (χ4v) is 6.73. The number of ether oxygens (including phenoxy) is 2. The van der Waals surface area contributed by atoms with Gasteiger partial charge in [0.25, 0.3) is 0 Å². The van der Waals surface area contributed by atoms with E-state index < -0.39 is 0 Å². The molecule has 1 aromatic heterocycles. The normalized spacial score (nSPS) is 23.8. The number of rotatable bonds is 2. The van der Waals surface area contributed by atoms with E-state index in [0.717, 1.165) is 27.0 Å². The maximum absolute atomic E-state index is 12.8. The van der Waals surface area contributed by atoms with E-state index in [9.17, 15) is 9.59 Å². The zero-order valence-electron chi connectivity index (χ0n) is 14.8. The van der Waals surface area contributed by atoms with Crippen LogP contribution in [0.15, 0.2) is 34.1 Å². The molecule has 0 N–H and O–H groups in total. The first-order valence-corrected chi connectivity index (χ1v) is 11.0. The Balaban J connectivity index is 1.49. The summed E-state index contributed by atoms with van der Waals surface area (Å²) in [5.41, 5.74) is 1.16. The second-order valence-corrected chi connectivity index (χ2v) is 9.02. The highest BCUT2D eigenvalue weighted by Crippen LogP contribution is 2.50. The van der Waals surface area contributed by atoms with E-state index in [4.69, 9.17) is 9.47 Å². The van der Waals surface area contributed by atoms with E-state index in [0.29, 0.717) is 38.8 Å². The van der Waals surface area contributed by atoms with Gasteiger partial charge in [-0.05, 0) is 6.07 Å². The molecule has 1 amide bonds. The van der Waals surface area contributed by atoms with Gasteiger partial charge in [0, 0.05) is 41.1 Å². The highest BCUT2D eigenvalue weighted by Gasteiger charge is 2.40. The number of para-hydroxylation sites is 1. The van der Waals surface area contributed by atoms with Crippen molar-refractivity contribution in [1.82, 2.24) is 9.47 Å². The van der Waals surface area contributed by atoms with Crippen LogP contribution in [0.1, 0.15) is 16.4 Å². The van der Waals surface area contributed by atoms with Crippen LogP contribution in [0.5, 0.6) is 5.75 Å². The van der Waals surface area contributed by atoms with Crippen molar-refractivity contribution in [1.29, 1.82) is 0 Å². The molecule has 3 aliphatic rings. The van der Waals surface area contributed by atoms with Gasteiger partial charge in [-0.3, -0.25) is 14.2 Å². The summed E-state index contributed by atoms with van der Waals surface area (Å²) in [5.74, 6) is 2.35. The Morgan fingerprint density at radius 1 is 1.22 bits per heavy atom. The number of thioether (sulfide) groups is 1. The van der Waals surface area contributed by atoms with Gasteiger partial charge in [-0.1, -0.05) is 29.5 Å². The molecule has 0 aliphatic carbocycles. The maximum atomic E-state index is 12.8. The first kappa shape index (κ1) is 17.3. The van der Waals surface area contributed by atoms with Crippen molar-refractivity contribution in [2.45, 2.75) is 17.5 Å². The number of hydrogen-bond donors (Lipinski definition) is 0. The van der Waals surface area contributed by atoms with Crippen LogP contribution in [0, 0.1) is 5.92 Å². The molecule has 4 heterocycles. The van der Waals surface area contributed by atoms with Gasteiger partial charge in [-0.25, -0.2) is 0 Å². The first-order valence-electron chi connectivity index (χ1n) is 9.16. The lowest BCUT2D eigenvalue weighted by molar-refractivity contribution is -0.136. The van der Waals surface area contributed by atoms with Crippen LogP contribution in [0.3, 0.4) is 0 Å². The van der Waals surface area contributed by atoms with Crippen molar-refractivity contribution >= 4 is 29.0 Å². The number of nitrogens with zero attached hydrogens (tertiary/aromatic N) is 2. The molecule has 6 nitrogen and oxygen atoms in total. The average molecular weight is 405 g/mol. The van der Waals surface area contributed by atoms with Gasteiger partial charge in [0.05, 0.1) is 24.8 Å². The summed E-state index contributed by atoms with van der Waals surface area (Å²) in [6, 6.07) is 8.09.